The molecule has 0 unspecified atom stereocenters. The zero-order chi connectivity index (χ0) is 26.5. The van der Waals surface area contributed by atoms with Crippen LogP contribution in [0.3, 0.4) is 0 Å². The van der Waals surface area contributed by atoms with Gasteiger partial charge < -0.3 is 14.8 Å². The molecule has 1 N–H and O–H groups in total. The van der Waals surface area contributed by atoms with Gasteiger partial charge in [-0.05, 0) is 79.9 Å². The molecule has 1 aliphatic heterocycles. The highest BCUT2D eigenvalue weighted by molar-refractivity contribution is 8.27. The second-order valence-electron chi connectivity index (χ2n) is 8.30. The average Bonchev–Trinajstić information content (AvgIpc) is 3.13. The van der Waals surface area contributed by atoms with Crippen molar-refractivity contribution >= 4 is 69.2 Å². The van der Waals surface area contributed by atoms with Gasteiger partial charge in [-0.1, -0.05) is 59.8 Å². The van der Waals surface area contributed by atoms with Gasteiger partial charge in [-0.3, -0.25) is 14.5 Å². The van der Waals surface area contributed by atoms with Crippen LogP contribution in [0.5, 0.6) is 11.5 Å². The number of carbonyl (C=O) groups excluding carboxylic acids is 2. The fourth-order valence-corrected chi connectivity index (χ4v) is 5.10. The molecule has 9 heteroatoms. The highest BCUT2D eigenvalue weighted by Crippen LogP contribution is 2.38. The summed E-state index contributed by atoms with van der Waals surface area (Å²) >= 11 is 12.9. The minimum atomic E-state index is -0.281. The molecule has 0 saturated carbocycles. The number of halogens is 1. The van der Waals surface area contributed by atoms with Gasteiger partial charge in [0, 0.05) is 10.7 Å². The van der Waals surface area contributed by atoms with Crippen molar-refractivity contribution in [1.82, 2.24) is 0 Å². The van der Waals surface area contributed by atoms with Gasteiger partial charge in [0.1, 0.15) is 0 Å². The zero-order valence-corrected chi connectivity index (χ0v) is 22.9. The number of thioether (sulfide) groups is 1. The van der Waals surface area contributed by atoms with Crippen LogP contribution in [0.4, 0.5) is 11.4 Å². The van der Waals surface area contributed by atoms with Crippen LogP contribution in [0, 0.1) is 13.8 Å². The Morgan fingerprint density at radius 2 is 1.89 bits per heavy atom. The lowest BCUT2D eigenvalue weighted by Gasteiger charge is -2.15. The molecule has 3 aromatic rings. The van der Waals surface area contributed by atoms with E-state index in [0.717, 1.165) is 16.7 Å². The van der Waals surface area contributed by atoms with Gasteiger partial charge in [0.15, 0.2) is 22.4 Å². The van der Waals surface area contributed by atoms with Crippen LogP contribution < -0.4 is 19.7 Å². The minimum absolute atomic E-state index is 0.175. The third-order valence-corrected chi connectivity index (χ3v) is 7.14. The maximum Gasteiger partial charge on any atom is 0.270 e. The Bertz CT molecular complexity index is 1410. The number of hydrogen-bond acceptors (Lipinski definition) is 6. The van der Waals surface area contributed by atoms with Crippen molar-refractivity contribution in [3.8, 4) is 11.5 Å². The van der Waals surface area contributed by atoms with E-state index in [1.165, 1.54) is 16.7 Å². The number of amides is 2. The van der Waals surface area contributed by atoms with Crippen LogP contribution in [0.1, 0.15) is 23.6 Å². The maximum absolute atomic E-state index is 13.1. The topological polar surface area (TPSA) is 67.9 Å². The monoisotopic (exact) mass is 552 g/mol. The van der Waals surface area contributed by atoms with Crippen LogP contribution in [0.2, 0.25) is 5.02 Å². The van der Waals surface area contributed by atoms with Crippen molar-refractivity contribution in [1.29, 1.82) is 0 Å². The van der Waals surface area contributed by atoms with E-state index in [1.54, 1.807) is 30.3 Å². The molecule has 0 bridgehead atoms. The molecule has 1 aliphatic rings. The molecular weight excluding hydrogens is 528 g/mol. The summed E-state index contributed by atoms with van der Waals surface area (Å²) in [5, 5.41) is 3.39. The SMILES string of the molecule is CCOc1cc(/C=C2\SC(=S)N(c3ccc(C)c(Cl)c3)C2=O)ccc1OCC(=O)Nc1cccc(C)c1. The van der Waals surface area contributed by atoms with E-state index in [2.05, 4.69) is 5.32 Å². The molecule has 1 heterocycles. The van der Waals surface area contributed by atoms with E-state index in [1.807, 2.05) is 57.2 Å². The van der Waals surface area contributed by atoms with Crippen molar-refractivity contribution in [2.75, 3.05) is 23.4 Å². The fourth-order valence-electron chi connectivity index (χ4n) is 3.63. The summed E-state index contributed by atoms with van der Waals surface area (Å²) in [6.07, 6.45) is 1.76. The van der Waals surface area contributed by atoms with Crippen LogP contribution in [0.15, 0.2) is 65.6 Å². The lowest BCUT2D eigenvalue weighted by molar-refractivity contribution is -0.118. The molecule has 1 saturated heterocycles. The van der Waals surface area contributed by atoms with Crippen molar-refractivity contribution < 1.29 is 19.1 Å². The third-order valence-electron chi connectivity index (χ3n) is 5.43. The average molecular weight is 553 g/mol. The van der Waals surface area contributed by atoms with Gasteiger partial charge >= 0.3 is 0 Å². The summed E-state index contributed by atoms with van der Waals surface area (Å²) in [4.78, 5) is 27.5. The maximum atomic E-state index is 13.1. The van der Waals surface area contributed by atoms with Crippen LogP contribution in [-0.4, -0.2) is 29.3 Å². The summed E-state index contributed by atoms with van der Waals surface area (Å²) in [7, 11) is 0. The zero-order valence-electron chi connectivity index (χ0n) is 20.5. The second kappa shape index (κ2) is 11.8. The van der Waals surface area contributed by atoms with Crippen molar-refractivity contribution in [3.63, 3.8) is 0 Å². The van der Waals surface area contributed by atoms with Gasteiger partial charge in [-0.15, -0.1) is 0 Å². The van der Waals surface area contributed by atoms with E-state index in [9.17, 15) is 9.59 Å². The summed E-state index contributed by atoms with van der Waals surface area (Å²) < 4.78 is 11.9. The van der Waals surface area contributed by atoms with E-state index in [0.29, 0.717) is 43.7 Å². The lowest BCUT2D eigenvalue weighted by Crippen LogP contribution is -2.27. The van der Waals surface area contributed by atoms with E-state index in [4.69, 9.17) is 33.3 Å². The predicted octanol–water partition coefficient (Wildman–Crippen LogP) is 6.78. The Balaban J connectivity index is 1.48. The molecule has 4 rings (SSSR count). The number of anilines is 2. The van der Waals surface area contributed by atoms with Gasteiger partial charge in [-0.2, -0.15) is 0 Å². The van der Waals surface area contributed by atoms with Gasteiger partial charge in [-0.25, -0.2) is 0 Å². The summed E-state index contributed by atoms with van der Waals surface area (Å²) in [6.45, 7) is 5.95. The number of ether oxygens (including phenoxy) is 2. The number of rotatable bonds is 8. The van der Waals surface area contributed by atoms with Crippen molar-refractivity contribution in [3.05, 3.63) is 87.3 Å². The Morgan fingerprint density at radius 3 is 2.62 bits per heavy atom. The van der Waals surface area contributed by atoms with Gasteiger partial charge in [0.2, 0.25) is 0 Å². The molecule has 0 aliphatic carbocycles. The highest BCUT2D eigenvalue weighted by Gasteiger charge is 2.33. The number of thiocarbonyl (C=S) groups is 1. The van der Waals surface area contributed by atoms with E-state index in [-0.39, 0.29) is 18.4 Å². The van der Waals surface area contributed by atoms with Gasteiger partial charge in [0.25, 0.3) is 11.8 Å². The lowest BCUT2D eigenvalue weighted by atomic mass is 10.1. The molecule has 0 spiro atoms. The largest absolute Gasteiger partial charge is 0.490 e. The Morgan fingerprint density at radius 1 is 1.08 bits per heavy atom. The molecule has 2 amide bonds. The minimum Gasteiger partial charge on any atom is -0.490 e. The van der Waals surface area contributed by atoms with Crippen LogP contribution >= 0.6 is 35.6 Å². The second-order valence-corrected chi connectivity index (χ2v) is 10.4. The summed E-state index contributed by atoms with van der Waals surface area (Å²) in [5.41, 5.74) is 4.04. The summed E-state index contributed by atoms with van der Waals surface area (Å²) in [5.74, 6) is 0.402. The number of carbonyl (C=O) groups is 2. The number of hydrogen-bond donors (Lipinski definition) is 1. The first-order chi connectivity index (χ1) is 17.7. The van der Waals surface area contributed by atoms with Crippen LogP contribution in [0.25, 0.3) is 6.08 Å². The molecular formula is C28H25ClN2O4S2. The fraction of sp³-hybridized carbons (Fsp3) is 0.179. The van der Waals surface area contributed by atoms with Crippen molar-refractivity contribution in [2.45, 2.75) is 20.8 Å². The van der Waals surface area contributed by atoms with E-state index < -0.39 is 0 Å². The molecule has 0 aromatic heterocycles. The molecule has 37 heavy (non-hydrogen) atoms. The molecule has 6 nitrogen and oxygen atoms in total. The Labute approximate surface area is 230 Å². The third kappa shape index (κ3) is 6.52. The number of nitrogens with one attached hydrogen (secondary N) is 1. The number of aryl methyl sites for hydroxylation is 2. The quantitative estimate of drug-likeness (QED) is 0.245. The Hall–Kier alpha value is -3.33. The number of nitrogens with zero attached hydrogens (tertiary/aromatic N) is 1. The van der Waals surface area contributed by atoms with Gasteiger partial charge in [0.05, 0.1) is 17.2 Å². The first kappa shape index (κ1) is 26.7. The molecule has 3 aromatic carbocycles. The first-order valence-electron chi connectivity index (χ1n) is 11.6. The normalized spacial score (nSPS) is 14.3. The predicted molar refractivity (Wildman–Crippen MR) is 155 cm³/mol. The smallest absolute Gasteiger partial charge is 0.270 e. The Kier molecular flexibility index (Phi) is 8.53. The number of benzene rings is 3. The molecule has 0 radical (unpaired) electrons. The molecule has 190 valence electrons. The van der Waals surface area contributed by atoms with E-state index >= 15 is 0 Å². The first-order valence-corrected chi connectivity index (χ1v) is 13.2. The molecule has 0 atom stereocenters. The summed E-state index contributed by atoms with van der Waals surface area (Å²) in [6, 6.07) is 18.2. The highest BCUT2D eigenvalue weighted by atomic mass is 35.5. The van der Waals surface area contributed by atoms with Crippen molar-refractivity contribution in [2.24, 2.45) is 0 Å². The van der Waals surface area contributed by atoms with Crippen LogP contribution in [-0.2, 0) is 9.59 Å². The molecule has 1 fully saturated rings. The standard InChI is InChI=1S/C28H25ClN2O4S2/c1-4-34-24-13-19(9-11-23(24)35-16-26(32)30-20-7-5-6-17(2)12-20)14-25-27(33)31(28(36)37-25)21-10-8-18(3)22(29)15-21/h5-15H,4,16H2,1-3H3,(H,30,32)/b25-14-.